The topological polar surface area (TPSA) is 126 Å². The standard InChI is InChI=1S/C18H16FN7O/c19-11-2-1-3-15(27-14-5-4-12(14)21)18(11)13-6-16(26-25-13)24-17-9-22-10(7-20)8-23-17/h1-3,6,8-9,12,14H,4-5,21H2,(H2,23,24,25,26)/t12-,14+/m0/s1. The van der Waals surface area contributed by atoms with Gasteiger partial charge in [0.1, 0.15) is 29.6 Å². The fraction of sp³-hybridized carbons (Fsp3) is 0.222. The second kappa shape index (κ2) is 7.01. The summed E-state index contributed by atoms with van der Waals surface area (Å²) in [6, 6.07) is 8.18. The molecule has 27 heavy (non-hydrogen) atoms. The number of hydrogen-bond donors (Lipinski definition) is 3. The highest BCUT2D eigenvalue weighted by molar-refractivity contribution is 5.71. The number of H-pyrrole nitrogens is 1. The first-order valence-electron chi connectivity index (χ1n) is 8.40. The number of nitriles is 1. The Morgan fingerprint density at radius 2 is 2.15 bits per heavy atom. The number of nitrogens with one attached hydrogen (secondary N) is 2. The molecule has 2 atom stereocenters. The van der Waals surface area contributed by atoms with E-state index in [1.807, 2.05) is 6.07 Å². The summed E-state index contributed by atoms with van der Waals surface area (Å²) in [4.78, 5) is 7.99. The molecule has 0 amide bonds. The molecule has 136 valence electrons. The summed E-state index contributed by atoms with van der Waals surface area (Å²) < 4.78 is 20.4. The SMILES string of the molecule is N#Cc1cnc(Nc2cc(-c3c(F)cccc3O[C@@H]3CC[C@@H]3N)[nH]n2)cn1. The summed E-state index contributed by atoms with van der Waals surface area (Å²) in [5.41, 5.74) is 6.89. The Labute approximate surface area is 154 Å². The van der Waals surface area contributed by atoms with Gasteiger partial charge in [0.2, 0.25) is 0 Å². The van der Waals surface area contributed by atoms with E-state index in [9.17, 15) is 4.39 Å². The lowest BCUT2D eigenvalue weighted by atomic mass is 9.90. The molecule has 1 fully saturated rings. The summed E-state index contributed by atoms with van der Waals surface area (Å²) in [6.45, 7) is 0. The first-order chi connectivity index (χ1) is 13.1. The normalized spacial score (nSPS) is 18.4. The van der Waals surface area contributed by atoms with Gasteiger partial charge in [-0.3, -0.25) is 5.10 Å². The molecule has 8 nitrogen and oxygen atoms in total. The smallest absolute Gasteiger partial charge is 0.158 e. The largest absolute Gasteiger partial charge is 0.488 e. The van der Waals surface area contributed by atoms with Crippen LogP contribution in [0.5, 0.6) is 5.75 Å². The number of rotatable bonds is 5. The lowest BCUT2D eigenvalue weighted by Gasteiger charge is -2.34. The van der Waals surface area contributed by atoms with Gasteiger partial charge in [0.05, 0.1) is 23.7 Å². The van der Waals surface area contributed by atoms with E-state index in [0.717, 1.165) is 12.8 Å². The molecule has 0 bridgehead atoms. The number of halogens is 1. The van der Waals surface area contributed by atoms with Crippen LogP contribution in [0.2, 0.25) is 0 Å². The van der Waals surface area contributed by atoms with E-state index in [1.165, 1.54) is 18.5 Å². The van der Waals surface area contributed by atoms with Crippen molar-refractivity contribution >= 4 is 11.6 Å². The number of anilines is 2. The molecule has 1 aromatic carbocycles. The van der Waals surface area contributed by atoms with Gasteiger partial charge in [-0.15, -0.1) is 0 Å². The number of hydrogen-bond acceptors (Lipinski definition) is 7. The van der Waals surface area contributed by atoms with Gasteiger partial charge < -0.3 is 15.8 Å². The monoisotopic (exact) mass is 365 g/mol. The van der Waals surface area contributed by atoms with Crippen molar-refractivity contribution in [2.24, 2.45) is 5.73 Å². The van der Waals surface area contributed by atoms with E-state index in [2.05, 4.69) is 25.5 Å². The Morgan fingerprint density at radius 1 is 1.26 bits per heavy atom. The molecule has 0 saturated heterocycles. The van der Waals surface area contributed by atoms with Crippen molar-refractivity contribution in [1.29, 1.82) is 5.26 Å². The number of nitrogens with zero attached hydrogens (tertiary/aromatic N) is 4. The second-order valence-electron chi connectivity index (χ2n) is 6.20. The number of benzene rings is 1. The van der Waals surface area contributed by atoms with Gasteiger partial charge in [-0.2, -0.15) is 10.4 Å². The first kappa shape index (κ1) is 16.9. The minimum atomic E-state index is -0.422. The number of ether oxygens (including phenoxy) is 1. The fourth-order valence-electron chi connectivity index (χ4n) is 2.76. The third kappa shape index (κ3) is 3.43. The van der Waals surface area contributed by atoms with Crippen molar-refractivity contribution in [2.45, 2.75) is 25.0 Å². The summed E-state index contributed by atoms with van der Waals surface area (Å²) in [7, 11) is 0. The van der Waals surface area contributed by atoms with Crippen LogP contribution in [0, 0.1) is 17.1 Å². The average Bonchev–Trinajstić information content (AvgIpc) is 3.13. The van der Waals surface area contributed by atoms with Crippen molar-refractivity contribution in [2.75, 3.05) is 5.32 Å². The zero-order chi connectivity index (χ0) is 18.8. The maximum Gasteiger partial charge on any atom is 0.158 e. The molecule has 0 radical (unpaired) electrons. The van der Waals surface area contributed by atoms with Crippen molar-refractivity contribution in [3.63, 3.8) is 0 Å². The summed E-state index contributed by atoms with van der Waals surface area (Å²) in [5, 5.41) is 18.6. The molecule has 9 heteroatoms. The molecule has 1 saturated carbocycles. The summed E-state index contributed by atoms with van der Waals surface area (Å²) in [6.07, 6.45) is 4.41. The summed E-state index contributed by atoms with van der Waals surface area (Å²) in [5.74, 6) is 0.841. The van der Waals surface area contributed by atoms with Crippen LogP contribution in [-0.2, 0) is 0 Å². The predicted molar refractivity (Wildman–Crippen MR) is 95.6 cm³/mol. The highest BCUT2D eigenvalue weighted by atomic mass is 19.1. The molecule has 0 aliphatic heterocycles. The fourth-order valence-corrected chi connectivity index (χ4v) is 2.76. The van der Waals surface area contributed by atoms with Crippen LogP contribution in [0.25, 0.3) is 11.3 Å². The Bertz CT molecular complexity index is 996. The van der Waals surface area contributed by atoms with E-state index < -0.39 is 5.82 Å². The zero-order valence-corrected chi connectivity index (χ0v) is 14.2. The van der Waals surface area contributed by atoms with E-state index in [1.54, 1.807) is 18.2 Å². The van der Waals surface area contributed by atoms with Gasteiger partial charge in [-0.05, 0) is 25.0 Å². The van der Waals surface area contributed by atoms with Crippen molar-refractivity contribution in [3.8, 4) is 23.1 Å². The number of nitrogens with two attached hydrogens (primary N) is 1. The number of aromatic nitrogens is 4. The molecule has 2 aromatic heterocycles. The van der Waals surface area contributed by atoms with Crippen LogP contribution >= 0.6 is 0 Å². The van der Waals surface area contributed by atoms with Crippen LogP contribution in [0.1, 0.15) is 18.5 Å². The maximum atomic E-state index is 14.5. The third-order valence-electron chi connectivity index (χ3n) is 4.39. The van der Waals surface area contributed by atoms with Crippen molar-refractivity contribution < 1.29 is 9.13 Å². The molecule has 1 aliphatic carbocycles. The Balaban J connectivity index is 1.58. The van der Waals surface area contributed by atoms with Gasteiger partial charge in [0.25, 0.3) is 0 Å². The molecular formula is C18H16FN7O. The minimum absolute atomic E-state index is 0.0323. The molecule has 1 aliphatic rings. The van der Waals surface area contributed by atoms with Crippen molar-refractivity contribution in [3.05, 3.63) is 48.2 Å². The molecular weight excluding hydrogens is 349 g/mol. The molecule has 0 spiro atoms. The molecule has 2 heterocycles. The minimum Gasteiger partial charge on any atom is -0.488 e. The molecule has 4 rings (SSSR count). The van der Waals surface area contributed by atoms with Crippen LogP contribution in [0.15, 0.2) is 36.7 Å². The molecule has 4 N–H and O–H groups in total. The van der Waals surface area contributed by atoms with Crippen LogP contribution in [-0.4, -0.2) is 32.3 Å². The van der Waals surface area contributed by atoms with Gasteiger partial charge in [-0.25, -0.2) is 14.4 Å². The Morgan fingerprint density at radius 3 is 2.81 bits per heavy atom. The van der Waals surface area contributed by atoms with E-state index in [-0.39, 0.29) is 17.8 Å². The highest BCUT2D eigenvalue weighted by Gasteiger charge is 2.30. The van der Waals surface area contributed by atoms with Gasteiger partial charge in [-0.1, -0.05) is 6.07 Å². The lowest BCUT2D eigenvalue weighted by molar-refractivity contribution is 0.0935. The zero-order valence-electron chi connectivity index (χ0n) is 14.2. The van der Waals surface area contributed by atoms with Crippen molar-refractivity contribution in [1.82, 2.24) is 20.2 Å². The van der Waals surface area contributed by atoms with Crippen LogP contribution in [0.3, 0.4) is 0 Å². The first-order valence-corrected chi connectivity index (χ1v) is 8.40. The lowest BCUT2D eigenvalue weighted by Crippen LogP contribution is -2.47. The quantitative estimate of drug-likeness (QED) is 0.634. The second-order valence-corrected chi connectivity index (χ2v) is 6.20. The predicted octanol–water partition coefficient (Wildman–Crippen LogP) is 2.49. The van der Waals surface area contributed by atoms with Crippen LogP contribution in [0.4, 0.5) is 16.0 Å². The third-order valence-corrected chi connectivity index (χ3v) is 4.39. The maximum absolute atomic E-state index is 14.5. The van der Waals surface area contributed by atoms with Gasteiger partial charge in [0, 0.05) is 12.1 Å². The van der Waals surface area contributed by atoms with E-state index >= 15 is 0 Å². The average molecular weight is 365 g/mol. The molecule has 0 unspecified atom stereocenters. The Kier molecular flexibility index (Phi) is 4.40. The van der Waals surface area contributed by atoms with E-state index in [4.69, 9.17) is 15.7 Å². The summed E-state index contributed by atoms with van der Waals surface area (Å²) >= 11 is 0. The molecule has 3 aromatic rings. The Hall–Kier alpha value is -3.51. The highest BCUT2D eigenvalue weighted by Crippen LogP contribution is 2.35. The van der Waals surface area contributed by atoms with E-state index in [0.29, 0.717) is 28.6 Å². The number of aromatic amines is 1. The van der Waals surface area contributed by atoms with Gasteiger partial charge in [0.15, 0.2) is 11.5 Å². The van der Waals surface area contributed by atoms with Gasteiger partial charge >= 0.3 is 0 Å². The van der Waals surface area contributed by atoms with Crippen LogP contribution < -0.4 is 15.8 Å².